The van der Waals surface area contributed by atoms with Crippen molar-refractivity contribution in [3.63, 3.8) is 0 Å². The quantitative estimate of drug-likeness (QED) is 0.669. The van der Waals surface area contributed by atoms with Gasteiger partial charge < -0.3 is 9.42 Å². The second kappa shape index (κ2) is 7.12. The molecule has 5 nitrogen and oxygen atoms in total. The van der Waals surface area contributed by atoms with Crippen LogP contribution in [-0.2, 0) is 11.3 Å². The molecule has 1 saturated heterocycles. The largest absolute Gasteiger partial charge is 0.338 e. The minimum Gasteiger partial charge on any atom is -0.338 e. The average molecular weight is 386 g/mol. The van der Waals surface area contributed by atoms with Gasteiger partial charge >= 0.3 is 0 Å². The van der Waals surface area contributed by atoms with Gasteiger partial charge in [0.15, 0.2) is 5.82 Å². The van der Waals surface area contributed by atoms with E-state index in [0.29, 0.717) is 41.8 Å². The highest BCUT2D eigenvalue weighted by molar-refractivity contribution is 6.31. The van der Waals surface area contributed by atoms with Crippen LogP contribution < -0.4 is 0 Å². The van der Waals surface area contributed by atoms with Gasteiger partial charge in [0.1, 0.15) is 5.82 Å². The Kier molecular flexibility index (Phi) is 4.66. The molecule has 1 aromatic heterocycles. The predicted octanol–water partition coefficient (Wildman–Crippen LogP) is 4.35. The number of halogens is 2. The summed E-state index contributed by atoms with van der Waals surface area (Å²) in [7, 11) is 0. The van der Waals surface area contributed by atoms with Crippen LogP contribution in [0.4, 0.5) is 4.39 Å². The van der Waals surface area contributed by atoms with E-state index in [1.165, 1.54) is 12.1 Å². The lowest BCUT2D eigenvalue weighted by Gasteiger charge is -2.17. The van der Waals surface area contributed by atoms with E-state index in [9.17, 15) is 9.18 Å². The van der Waals surface area contributed by atoms with Crippen LogP contribution in [-0.4, -0.2) is 27.5 Å². The van der Waals surface area contributed by atoms with Crippen LogP contribution in [0.3, 0.4) is 0 Å². The molecule has 27 heavy (non-hydrogen) atoms. The number of carbonyl (C=O) groups is 1. The molecule has 1 amide bonds. The molecule has 2 heterocycles. The fourth-order valence-electron chi connectivity index (χ4n) is 3.17. The first-order valence-electron chi connectivity index (χ1n) is 8.62. The Labute approximate surface area is 160 Å². The molecule has 1 atom stereocenters. The summed E-state index contributed by atoms with van der Waals surface area (Å²) in [6.07, 6.45) is 0.311. The van der Waals surface area contributed by atoms with Crippen molar-refractivity contribution >= 4 is 17.5 Å². The van der Waals surface area contributed by atoms with Crippen molar-refractivity contribution in [1.82, 2.24) is 15.0 Å². The number of aromatic nitrogens is 2. The maximum absolute atomic E-state index is 13.2. The zero-order valence-corrected chi connectivity index (χ0v) is 15.4. The van der Waals surface area contributed by atoms with Gasteiger partial charge in [-0.2, -0.15) is 4.98 Å². The molecule has 1 unspecified atom stereocenters. The third-order valence-corrected chi connectivity index (χ3v) is 5.05. The Bertz CT molecular complexity index is 987. The Morgan fingerprint density at radius 1 is 1.26 bits per heavy atom. The van der Waals surface area contributed by atoms with E-state index in [2.05, 4.69) is 10.1 Å². The van der Waals surface area contributed by atoms with Crippen molar-refractivity contribution in [3.05, 3.63) is 70.3 Å². The monoisotopic (exact) mass is 385 g/mol. The summed E-state index contributed by atoms with van der Waals surface area (Å²) in [6, 6.07) is 12.0. The first-order valence-corrected chi connectivity index (χ1v) is 9.00. The number of amides is 1. The Morgan fingerprint density at radius 3 is 2.78 bits per heavy atom. The predicted molar refractivity (Wildman–Crippen MR) is 98.7 cm³/mol. The summed E-state index contributed by atoms with van der Waals surface area (Å²) in [5.74, 6) is 0.413. The van der Waals surface area contributed by atoms with Gasteiger partial charge in [0.25, 0.3) is 5.89 Å². The highest BCUT2D eigenvalue weighted by atomic mass is 35.5. The summed E-state index contributed by atoms with van der Waals surface area (Å²) in [5.41, 5.74) is 2.70. The molecule has 0 bridgehead atoms. The van der Waals surface area contributed by atoms with Crippen molar-refractivity contribution in [3.8, 4) is 11.5 Å². The van der Waals surface area contributed by atoms with E-state index >= 15 is 0 Å². The highest BCUT2D eigenvalue weighted by Crippen LogP contribution is 2.30. The third-order valence-electron chi connectivity index (χ3n) is 4.70. The number of benzene rings is 2. The maximum Gasteiger partial charge on any atom is 0.257 e. The molecular formula is C20H17ClFN3O2. The average Bonchev–Trinajstić information content (AvgIpc) is 3.25. The summed E-state index contributed by atoms with van der Waals surface area (Å²) in [6.45, 7) is 2.81. The molecule has 3 aromatic rings. The van der Waals surface area contributed by atoms with Crippen LogP contribution in [0.5, 0.6) is 0 Å². The normalized spacial score (nSPS) is 16.9. The van der Waals surface area contributed by atoms with Gasteiger partial charge in [-0.05, 0) is 36.8 Å². The lowest BCUT2D eigenvalue weighted by atomic mass is 10.1. The van der Waals surface area contributed by atoms with Crippen LogP contribution in [0.15, 0.2) is 47.0 Å². The molecule has 4 rings (SSSR count). The molecular weight excluding hydrogens is 369 g/mol. The smallest absolute Gasteiger partial charge is 0.257 e. The molecule has 138 valence electrons. The van der Waals surface area contributed by atoms with E-state index in [0.717, 1.165) is 11.1 Å². The van der Waals surface area contributed by atoms with E-state index < -0.39 is 5.82 Å². The second-order valence-electron chi connectivity index (χ2n) is 6.73. The molecule has 0 aliphatic carbocycles. The summed E-state index contributed by atoms with van der Waals surface area (Å²) in [5, 5.41) is 4.37. The number of hydrogen-bond acceptors (Lipinski definition) is 4. The summed E-state index contributed by atoms with van der Waals surface area (Å²) in [4.78, 5) is 18.5. The van der Waals surface area contributed by atoms with Crippen molar-refractivity contribution in [2.24, 2.45) is 0 Å². The Morgan fingerprint density at radius 2 is 2.04 bits per heavy atom. The van der Waals surface area contributed by atoms with Gasteiger partial charge in [0, 0.05) is 36.0 Å². The number of aryl methyl sites for hydroxylation is 1. The zero-order valence-electron chi connectivity index (χ0n) is 14.7. The lowest BCUT2D eigenvalue weighted by Crippen LogP contribution is -2.24. The van der Waals surface area contributed by atoms with Crippen molar-refractivity contribution < 1.29 is 13.7 Å². The van der Waals surface area contributed by atoms with Gasteiger partial charge in [-0.3, -0.25) is 4.79 Å². The molecule has 1 aliphatic rings. The minimum atomic E-state index is -0.398. The molecule has 7 heteroatoms. The van der Waals surface area contributed by atoms with Crippen molar-refractivity contribution in [2.75, 3.05) is 6.54 Å². The Hall–Kier alpha value is -2.73. The van der Waals surface area contributed by atoms with E-state index in [1.54, 1.807) is 11.0 Å². The van der Waals surface area contributed by atoms with Gasteiger partial charge in [0.05, 0.1) is 0 Å². The van der Waals surface area contributed by atoms with Crippen LogP contribution in [0, 0.1) is 12.7 Å². The fraction of sp³-hybridized carbons (Fsp3) is 0.250. The third kappa shape index (κ3) is 3.71. The molecule has 0 N–H and O–H groups in total. The highest BCUT2D eigenvalue weighted by Gasteiger charge is 2.34. The van der Waals surface area contributed by atoms with Crippen LogP contribution in [0.2, 0.25) is 5.02 Å². The number of nitrogens with zero attached hydrogens (tertiary/aromatic N) is 3. The first kappa shape index (κ1) is 17.7. The van der Waals surface area contributed by atoms with E-state index in [-0.39, 0.29) is 11.8 Å². The number of likely N-dealkylation sites (tertiary alicyclic amines) is 1. The summed E-state index contributed by atoms with van der Waals surface area (Å²) < 4.78 is 18.6. The SMILES string of the molecule is Cc1ccc(-c2nc(C3CC(=O)N(Cc4ccc(F)cc4Cl)C3)no2)cc1. The molecule has 0 saturated carbocycles. The van der Waals surface area contributed by atoms with Crippen LogP contribution in [0.25, 0.3) is 11.5 Å². The lowest BCUT2D eigenvalue weighted by molar-refractivity contribution is -0.128. The number of hydrogen-bond donors (Lipinski definition) is 0. The van der Waals surface area contributed by atoms with Crippen LogP contribution in [0.1, 0.15) is 29.3 Å². The van der Waals surface area contributed by atoms with Crippen molar-refractivity contribution in [2.45, 2.75) is 25.8 Å². The molecule has 0 radical (unpaired) electrons. The van der Waals surface area contributed by atoms with Gasteiger partial charge in [-0.25, -0.2) is 4.39 Å². The molecule has 1 aliphatic heterocycles. The van der Waals surface area contributed by atoms with Gasteiger partial charge in [0.2, 0.25) is 5.91 Å². The van der Waals surface area contributed by atoms with Crippen LogP contribution >= 0.6 is 11.6 Å². The number of carbonyl (C=O) groups excluding carboxylic acids is 1. The standard InChI is InChI=1S/C20H17ClFN3O2/c1-12-2-4-13(5-3-12)20-23-19(24-27-20)15-8-18(26)25(11-15)10-14-6-7-16(22)9-17(14)21/h2-7,9,15H,8,10-11H2,1H3. The first-order chi connectivity index (χ1) is 13.0. The second-order valence-corrected chi connectivity index (χ2v) is 7.14. The molecule has 2 aromatic carbocycles. The number of rotatable bonds is 4. The minimum absolute atomic E-state index is 0.0120. The van der Waals surface area contributed by atoms with Gasteiger partial charge in [-0.1, -0.05) is 40.5 Å². The zero-order chi connectivity index (χ0) is 19.0. The van der Waals surface area contributed by atoms with E-state index in [1.807, 2.05) is 31.2 Å². The van der Waals surface area contributed by atoms with E-state index in [4.69, 9.17) is 16.1 Å². The topological polar surface area (TPSA) is 59.2 Å². The fourth-order valence-corrected chi connectivity index (χ4v) is 3.39. The van der Waals surface area contributed by atoms with Gasteiger partial charge in [-0.15, -0.1) is 0 Å². The summed E-state index contributed by atoms with van der Waals surface area (Å²) >= 11 is 6.07. The van der Waals surface area contributed by atoms with Crippen molar-refractivity contribution in [1.29, 1.82) is 0 Å². The molecule has 0 spiro atoms. The molecule has 1 fully saturated rings. The maximum atomic E-state index is 13.2. The Balaban J connectivity index is 1.48.